The summed E-state index contributed by atoms with van der Waals surface area (Å²) in [6, 6.07) is 9.23. The Kier molecular flexibility index (Phi) is 9.30. The monoisotopic (exact) mass is 765 g/mol. The van der Waals surface area contributed by atoms with Gasteiger partial charge in [0.25, 0.3) is 10.2 Å². The minimum absolute atomic E-state index is 0.0103. The molecule has 0 radical (unpaired) electrons. The molecule has 16 heteroatoms. The Morgan fingerprint density at radius 1 is 1.07 bits per heavy atom. The lowest BCUT2D eigenvalue weighted by Crippen LogP contribution is -2.56. The second-order valence-electron chi connectivity index (χ2n) is 15.3. The number of hydrogen-bond acceptors (Lipinski definition) is 10. The topological polar surface area (TPSA) is 149 Å². The molecule has 4 aliphatic heterocycles. The van der Waals surface area contributed by atoms with E-state index in [1.54, 1.807) is 32.3 Å². The van der Waals surface area contributed by atoms with Crippen LogP contribution in [0, 0.1) is 11.6 Å². The SMILES string of the molecule is CCc1c(F)ccc2cc(O)cc(-c3ccc4c(N5CCCC6(CNS(=O)(=O)N6)C5)nc(OC[C@]56CCCN5[C@H](COC(=O)N(C)C)CC6)nc4c3F)c12. The highest BCUT2D eigenvalue weighted by Crippen LogP contribution is 2.44. The van der Waals surface area contributed by atoms with E-state index in [-0.39, 0.29) is 60.7 Å². The molecule has 1 unspecified atom stereocenters. The van der Waals surface area contributed by atoms with Crippen molar-refractivity contribution in [3.05, 3.63) is 53.6 Å². The average molecular weight is 766 g/mol. The molecular weight excluding hydrogens is 721 g/mol. The highest BCUT2D eigenvalue weighted by atomic mass is 32.2. The van der Waals surface area contributed by atoms with E-state index >= 15 is 8.78 Å². The van der Waals surface area contributed by atoms with Crippen LogP contribution in [0.25, 0.3) is 32.8 Å². The predicted octanol–water partition coefficient (Wildman–Crippen LogP) is 4.85. The molecule has 1 amide bonds. The maximum absolute atomic E-state index is 17.2. The van der Waals surface area contributed by atoms with E-state index in [0.29, 0.717) is 58.9 Å². The minimum atomic E-state index is -3.65. The number of amides is 1. The zero-order valence-corrected chi connectivity index (χ0v) is 31.4. The third-order valence-electron chi connectivity index (χ3n) is 11.7. The number of fused-ring (bicyclic) bond motifs is 3. The van der Waals surface area contributed by atoms with Gasteiger partial charge in [-0.15, -0.1) is 0 Å². The summed E-state index contributed by atoms with van der Waals surface area (Å²) in [4.78, 5) is 27.4. The van der Waals surface area contributed by atoms with E-state index in [4.69, 9.17) is 14.5 Å². The fourth-order valence-corrected chi connectivity index (χ4v) is 10.5. The molecule has 288 valence electrons. The van der Waals surface area contributed by atoms with Crippen molar-refractivity contribution >= 4 is 43.8 Å². The van der Waals surface area contributed by atoms with Crippen molar-refractivity contribution in [2.45, 2.75) is 69.0 Å². The van der Waals surface area contributed by atoms with E-state index in [1.165, 1.54) is 23.1 Å². The number of benzene rings is 3. The number of aromatic hydroxyl groups is 1. The second-order valence-corrected chi connectivity index (χ2v) is 16.8. The van der Waals surface area contributed by atoms with E-state index in [0.717, 1.165) is 32.2 Å². The molecule has 8 rings (SSSR count). The number of piperidine rings is 1. The van der Waals surface area contributed by atoms with Gasteiger partial charge in [0.2, 0.25) is 0 Å². The first-order chi connectivity index (χ1) is 25.8. The Hall–Kier alpha value is -4.38. The maximum atomic E-state index is 17.2. The molecule has 0 saturated carbocycles. The molecule has 1 spiro atoms. The molecule has 4 saturated heterocycles. The molecule has 3 atom stereocenters. The zero-order chi connectivity index (χ0) is 38.0. The number of ether oxygens (including phenoxy) is 2. The van der Waals surface area contributed by atoms with E-state index in [9.17, 15) is 18.3 Å². The summed E-state index contributed by atoms with van der Waals surface area (Å²) in [6.45, 7) is 4.20. The van der Waals surface area contributed by atoms with Crippen molar-refractivity contribution < 1.29 is 36.6 Å². The molecular formula is C38H45F2N7O6S. The van der Waals surface area contributed by atoms with Crippen LogP contribution >= 0.6 is 0 Å². The number of carbonyl (C=O) groups is 1. The largest absolute Gasteiger partial charge is 0.508 e. The molecule has 3 aromatic carbocycles. The number of hydrogen-bond donors (Lipinski definition) is 3. The van der Waals surface area contributed by atoms with Crippen LogP contribution in [0.2, 0.25) is 0 Å². The number of aromatic nitrogens is 2. The summed E-state index contributed by atoms with van der Waals surface area (Å²) in [7, 11) is -0.358. The Labute approximate surface area is 312 Å². The number of rotatable bonds is 8. The van der Waals surface area contributed by atoms with Gasteiger partial charge in [-0.25, -0.2) is 18.3 Å². The van der Waals surface area contributed by atoms with Crippen LogP contribution in [0.4, 0.5) is 19.4 Å². The van der Waals surface area contributed by atoms with Crippen LogP contribution in [-0.2, 0) is 21.4 Å². The van der Waals surface area contributed by atoms with Gasteiger partial charge in [-0.3, -0.25) is 4.90 Å². The number of phenols is 1. The number of phenolic OH excluding ortho intramolecular Hbond substituents is 1. The third-order valence-corrected chi connectivity index (χ3v) is 12.9. The third kappa shape index (κ3) is 6.46. The highest BCUT2D eigenvalue weighted by molar-refractivity contribution is 7.87. The summed E-state index contributed by atoms with van der Waals surface area (Å²) < 4.78 is 74.5. The fourth-order valence-electron chi connectivity index (χ4n) is 9.11. The number of nitrogens with one attached hydrogen (secondary N) is 2. The molecule has 0 bridgehead atoms. The van der Waals surface area contributed by atoms with E-state index in [2.05, 4.69) is 19.3 Å². The average Bonchev–Trinajstić information content (AvgIpc) is 3.80. The summed E-state index contributed by atoms with van der Waals surface area (Å²) in [5.74, 6) is -0.776. The van der Waals surface area contributed by atoms with Gasteiger partial charge < -0.3 is 24.4 Å². The second kappa shape index (κ2) is 13.7. The Balaban J connectivity index is 1.20. The van der Waals surface area contributed by atoms with Gasteiger partial charge in [-0.05, 0) is 97.7 Å². The lowest BCUT2D eigenvalue weighted by atomic mass is 9.90. The van der Waals surface area contributed by atoms with Gasteiger partial charge in [0.15, 0.2) is 5.82 Å². The molecule has 4 aliphatic rings. The van der Waals surface area contributed by atoms with Crippen molar-refractivity contribution in [1.82, 2.24) is 29.2 Å². The fraction of sp³-hybridized carbons (Fsp3) is 0.500. The normalized spacial score (nSPS) is 25.1. The lowest BCUT2D eigenvalue weighted by molar-refractivity contribution is 0.0484. The quantitative estimate of drug-likeness (QED) is 0.228. The van der Waals surface area contributed by atoms with Crippen LogP contribution in [0.5, 0.6) is 11.8 Å². The van der Waals surface area contributed by atoms with Crippen molar-refractivity contribution in [3.8, 4) is 22.9 Å². The molecule has 1 aromatic heterocycles. The number of nitrogens with zero attached hydrogens (tertiary/aromatic N) is 5. The molecule has 0 aliphatic carbocycles. The first kappa shape index (κ1) is 36.6. The summed E-state index contributed by atoms with van der Waals surface area (Å²) in [6.07, 6.45) is 4.69. The predicted molar refractivity (Wildman–Crippen MR) is 200 cm³/mol. The van der Waals surface area contributed by atoms with Crippen LogP contribution in [-0.4, -0.2) is 110 Å². The molecule has 5 heterocycles. The molecule has 3 N–H and O–H groups in total. The maximum Gasteiger partial charge on any atom is 0.409 e. The van der Waals surface area contributed by atoms with E-state index in [1.807, 2.05) is 11.8 Å². The minimum Gasteiger partial charge on any atom is -0.508 e. The molecule has 54 heavy (non-hydrogen) atoms. The van der Waals surface area contributed by atoms with Gasteiger partial charge in [-0.1, -0.05) is 19.1 Å². The van der Waals surface area contributed by atoms with Gasteiger partial charge in [0, 0.05) is 50.7 Å². The van der Waals surface area contributed by atoms with Gasteiger partial charge in [0.05, 0.1) is 11.1 Å². The smallest absolute Gasteiger partial charge is 0.409 e. The van der Waals surface area contributed by atoms with Gasteiger partial charge in [-0.2, -0.15) is 23.1 Å². The van der Waals surface area contributed by atoms with Gasteiger partial charge in [0.1, 0.15) is 36.1 Å². The van der Waals surface area contributed by atoms with Crippen LogP contribution in [0.3, 0.4) is 0 Å². The van der Waals surface area contributed by atoms with Crippen LogP contribution in [0.15, 0.2) is 36.4 Å². The van der Waals surface area contributed by atoms with E-state index < -0.39 is 33.5 Å². The molecule has 13 nitrogen and oxygen atoms in total. The summed E-state index contributed by atoms with van der Waals surface area (Å²) in [5.41, 5.74) is -0.241. The lowest BCUT2D eigenvalue weighted by Gasteiger charge is -2.40. The molecule has 4 fully saturated rings. The summed E-state index contributed by atoms with van der Waals surface area (Å²) in [5, 5.41) is 12.2. The Morgan fingerprint density at radius 3 is 2.65 bits per heavy atom. The summed E-state index contributed by atoms with van der Waals surface area (Å²) >= 11 is 0. The molecule has 4 aromatic rings. The highest BCUT2D eigenvalue weighted by Gasteiger charge is 2.50. The zero-order valence-electron chi connectivity index (χ0n) is 30.6. The van der Waals surface area contributed by atoms with Crippen molar-refractivity contribution in [1.29, 1.82) is 0 Å². The number of anilines is 1. The number of halogens is 2. The Bertz CT molecular complexity index is 2260. The standard InChI is InChI=1S/C38H45F2N7O6S/c1-4-26-30(39)10-7-23-17-25(48)18-29(31(23)26)27-8-9-28-33(32(27)40)42-35(43-34(28)46-15-5-12-37(21-46)20-41-54(50,51)44-37)53-22-38-13-6-16-47(38)24(11-14-38)19-52-36(49)45(2)3/h7-10,17-18,24,41,44,48H,4-6,11-16,19-22H2,1-3H3/t24-,37?,38+/m0/s1. The van der Waals surface area contributed by atoms with Crippen molar-refractivity contribution in [3.63, 3.8) is 0 Å². The van der Waals surface area contributed by atoms with Crippen molar-refractivity contribution in [2.24, 2.45) is 0 Å². The number of carbonyl (C=O) groups excluding carboxylic acids is 1. The Morgan fingerprint density at radius 2 is 1.89 bits per heavy atom. The van der Waals surface area contributed by atoms with Crippen LogP contribution in [0.1, 0.15) is 51.0 Å². The first-order valence-electron chi connectivity index (χ1n) is 18.5. The van der Waals surface area contributed by atoms with Gasteiger partial charge >= 0.3 is 12.1 Å². The first-order valence-corrected chi connectivity index (χ1v) is 20.0. The van der Waals surface area contributed by atoms with Crippen LogP contribution < -0.4 is 19.1 Å². The van der Waals surface area contributed by atoms with Crippen molar-refractivity contribution in [2.75, 3.05) is 58.4 Å². The number of aryl methyl sites for hydroxylation is 1.